The van der Waals surface area contributed by atoms with Gasteiger partial charge in [-0.05, 0) is 45.6 Å². The van der Waals surface area contributed by atoms with E-state index in [1.807, 2.05) is 18.2 Å². The Morgan fingerprint density at radius 1 is 1.15 bits per heavy atom. The summed E-state index contributed by atoms with van der Waals surface area (Å²) in [5.74, 6) is 0. The predicted octanol–water partition coefficient (Wildman–Crippen LogP) is 3.55. The molecule has 142 valence electrons. The number of nitrogens with zero attached hydrogens (tertiary/aromatic N) is 5. The van der Waals surface area contributed by atoms with Gasteiger partial charge in [-0.3, -0.25) is 5.10 Å². The summed E-state index contributed by atoms with van der Waals surface area (Å²) in [5.41, 5.74) is 5.78. The first-order valence-electron chi connectivity index (χ1n) is 9.83. The maximum Gasteiger partial charge on any atom is 0.113 e. The highest BCUT2D eigenvalue weighted by atomic mass is 15.4. The van der Waals surface area contributed by atoms with Gasteiger partial charge in [0.2, 0.25) is 0 Å². The van der Waals surface area contributed by atoms with Crippen molar-refractivity contribution in [2.24, 2.45) is 0 Å². The summed E-state index contributed by atoms with van der Waals surface area (Å²) in [4.78, 5) is 2.59. The van der Waals surface area contributed by atoms with Gasteiger partial charge in [0.25, 0.3) is 0 Å². The normalized spacial score (nSPS) is 17.3. The minimum absolute atomic E-state index is 0.441. The molecule has 0 radical (unpaired) electrons. The van der Waals surface area contributed by atoms with E-state index in [1.165, 1.54) is 11.3 Å². The number of nitrogens with one attached hydrogen (secondary N) is 1. The molecular weight excluding hydrogens is 336 g/mol. The predicted molar refractivity (Wildman–Crippen MR) is 107 cm³/mol. The molecule has 0 aliphatic carbocycles. The Bertz CT molecular complexity index is 854. The second-order valence-corrected chi connectivity index (χ2v) is 7.68. The van der Waals surface area contributed by atoms with Crippen LogP contribution in [0.4, 0.5) is 0 Å². The van der Waals surface area contributed by atoms with E-state index in [0.29, 0.717) is 12.1 Å². The fraction of sp³-hybridized carbons (Fsp3) is 0.476. The molecule has 1 fully saturated rings. The molecule has 3 aromatic rings. The molecule has 1 unspecified atom stereocenters. The SMILES string of the molecule is Cc1n[nH]c(C)c1CC(C)N1CCC(n2cc(-c3ccccc3)nn2)CC1. The average Bonchev–Trinajstić information content (AvgIpc) is 3.31. The van der Waals surface area contributed by atoms with Crippen LogP contribution in [0.2, 0.25) is 0 Å². The van der Waals surface area contributed by atoms with Gasteiger partial charge in [0.15, 0.2) is 0 Å². The largest absolute Gasteiger partial charge is 0.300 e. The van der Waals surface area contributed by atoms with E-state index >= 15 is 0 Å². The van der Waals surface area contributed by atoms with Crippen molar-refractivity contribution in [1.82, 2.24) is 30.1 Å². The van der Waals surface area contributed by atoms with Crippen LogP contribution in [0.3, 0.4) is 0 Å². The van der Waals surface area contributed by atoms with E-state index in [1.54, 1.807) is 0 Å². The third-order valence-electron chi connectivity index (χ3n) is 5.86. The van der Waals surface area contributed by atoms with Crippen LogP contribution in [0.25, 0.3) is 11.3 Å². The Labute approximate surface area is 160 Å². The first kappa shape index (κ1) is 17.9. The minimum atomic E-state index is 0.441. The number of aryl methyl sites for hydroxylation is 2. The Morgan fingerprint density at radius 2 is 1.89 bits per heavy atom. The van der Waals surface area contributed by atoms with Gasteiger partial charge < -0.3 is 4.90 Å². The summed E-state index contributed by atoms with van der Waals surface area (Å²) < 4.78 is 2.06. The Hall–Kier alpha value is -2.47. The molecule has 2 aromatic heterocycles. The van der Waals surface area contributed by atoms with Crippen LogP contribution in [-0.4, -0.2) is 49.2 Å². The fourth-order valence-corrected chi connectivity index (χ4v) is 4.09. The second kappa shape index (κ2) is 7.64. The summed E-state index contributed by atoms with van der Waals surface area (Å²) in [6, 6.07) is 11.2. The lowest BCUT2D eigenvalue weighted by atomic mass is 9.99. The molecule has 6 nitrogen and oxygen atoms in total. The fourth-order valence-electron chi connectivity index (χ4n) is 4.09. The summed E-state index contributed by atoms with van der Waals surface area (Å²) in [7, 11) is 0. The lowest BCUT2D eigenvalue weighted by Gasteiger charge is -2.36. The summed E-state index contributed by atoms with van der Waals surface area (Å²) >= 11 is 0. The summed E-state index contributed by atoms with van der Waals surface area (Å²) in [6.45, 7) is 8.73. The number of benzene rings is 1. The Kier molecular flexibility index (Phi) is 5.07. The van der Waals surface area contributed by atoms with Crippen molar-refractivity contribution >= 4 is 0 Å². The van der Waals surface area contributed by atoms with Crippen LogP contribution in [0.5, 0.6) is 0 Å². The number of likely N-dealkylation sites (tertiary alicyclic amines) is 1. The van der Waals surface area contributed by atoms with Gasteiger partial charge >= 0.3 is 0 Å². The Morgan fingerprint density at radius 3 is 2.56 bits per heavy atom. The molecule has 0 spiro atoms. The van der Waals surface area contributed by atoms with E-state index in [4.69, 9.17) is 0 Å². The van der Waals surface area contributed by atoms with Gasteiger partial charge in [-0.2, -0.15) is 5.10 Å². The second-order valence-electron chi connectivity index (χ2n) is 7.68. The third-order valence-corrected chi connectivity index (χ3v) is 5.86. The molecule has 4 rings (SSSR count). The smallest absolute Gasteiger partial charge is 0.113 e. The first-order chi connectivity index (χ1) is 13.1. The molecule has 1 aliphatic heterocycles. The highest BCUT2D eigenvalue weighted by molar-refractivity contribution is 5.57. The first-order valence-corrected chi connectivity index (χ1v) is 9.83. The number of rotatable bonds is 5. The van der Waals surface area contributed by atoms with Crippen molar-refractivity contribution < 1.29 is 0 Å². The maximum absolute atomic E-state index is 4.41. The van der Waals surface area contributed by atoms with Gasteiger partial charge in [-0.15, -0.1) is 5.10 Å². The zero-order valence-corrected chi connectivity index (χ0v) is 16.4. The van der Waals surface area contributed by atoms with E-state index in [2.05, 4.69) is 69.2 Å². The number of hydrogen-bond donors (Lipinski definition) is 1. The third kappa shape index (κ3) is 3.81. The van der Waals surface area contributed by atoms with Crippen molar-refractivity contribution in [2.75, 3.05) is 13.1 Å². The maximum atomic E-state index is 4.41. The summed E-state index contributed by atoms with van der Waals surface area (Å²) in [5, 5.41) is 16.2. The van der Waals surface area contributed by atoms with Gasteiger partial charge in [0, 0.05) is 30.4 Å². The molecule has 27 heavy (non-hydrogen) atoms. The van der Waals surface area contributed by atoms with Gasteiger partial charge in [-0.1, -0.05) is 35.5 Å². The number of aromatic nitrogens is 5. The van der Waals surface area contributed by atoms with Crippen LogP contribution in [0.15, 0.2) is 36.5 Å². The monoisotopic (exact) mass is 364 g/mol. The number of aromatic amines is 1. The standard InChI is InChI=1S/C21H28N6/c1-15(13-20-16(2)22-23-17(20)3)26-11-9-19(10-12-26)27-14-21(24-25-27)18-7-5-4-6-8-18/h4-8,14-15,19H,9-13H2,1-3H3,(H,22,23). The highest BCUT2D eigenvalue weighted by Gasteiger charge is 2.25. The number of piperidine rings is 1. The molecule has 0 amide bonds. The number of hydrogen-bond acceptors (Lipinski definition) is 4. The van der Waals surface area contributed by atoms with E-state index < -0.39 is 0 Å². The topological polar surface area (TPSA) is 62.6 Å². The van der Waals surface area contributed by atoms with Crippen molar-refractivity contribution in [3.05, 3.63) is 53.5 Å². The van der Waals surface area contributed by atoms with Crippen molar-refractivity contribution in [3.63, 3.8) is 0 Å². The molecule has 0 saturated carbocycles. The molecule has 3 heterocycles. The van der Waals surface area contributed by atoms with Crippen LogP contribution < -0.4 is 0 Å². The lowest BCUT2D eigenvalue weighted by Crippen LogP contribution is -2.41. The molecule has 6 heteroatoms. The molecule has 1 N–H and O–H groups in total. The van der Waals surface area contributed by atoms with Crippen LogP contribution in [-0.2, 0) is 6.42 Å². The van der Waals surface area contributed by atoms with Gasteiger partial charge in [-0.25, -0.2) is 4.68 Å². The van der Waals surface area contributed by atoms with E-state index in [-0.39, 0.29) is 0 Å². The Balaban J connectivity index is 1.36. The molecule has 1 aromatic carbocycles. The molecule has 1 aliphatic rings. The van der Waals surface area contributed by atoms with E-state index in [9.17, 15) is 0 Å². The van der Waals surface area contributed by atoms with E-state index in [0.717, 1.165) is 49.3 Å². The lowest BCUT2D eigenvalue weighted by molar-refractivity contribution is 0.137. The minimum Gasteiger partial charge on any atom is -0.300 e. The summed E-state index contributed by atoms with van der Waals surface area (Å²) in [6.07, 6.45) is 5.38. The van der Waals surface area contributed by atoms with Crippen molar-refractivity contribution in [1.29, 1.82) is 0 Å². The highest BCUT2D eigenvalue weighted by Crippen LogP contribution is 2.26. The quantitative estimate of drug-likeness (QED) is 0.752. The average molecular weight is 364 g/mol. The number of H-pyrrole nitrogens is 1. The zero-order chi connectivity index (χ0) is 18.8. The van der Waals surface area contributed by atoms with Gasteiger partial charge in [0.05, 0.1) is 17.9 Å². The van der Waals surface area contributed by atoms with Crippen LogP contribution >= 0.6 is 0 Å². The zero-order valence-electron chi connectivity index (χ0n) is 16.4. The molecule has 1 saturated heterocycles. The van der Waals surface area contributed by atoms with Gasteiger partial charge in [0.1, 0.15) is 5.69 Å². The van der Waals surface area contributed by atoms with Crippen molar-refractivity contribution in [2.45, 2.75) is 52.1 Å². The van der Waals surface area contributed by atoms with Crippen LogP contribution in [0.1, 0.15) is 42.8 Å². The molecular formula is C21H28N6. The van der Waals surface area contributed by atoms with Crippen molar-refractivity contribution in [3.8, 4) is 11.3 Å². The van der Waals surface area contributed by atoms with Crippen LogP contribution in [0, 0.1) is 13.8 Å². The molecule has 0 bridgehead atoms. The molecule has 1 atom stereocenters.